The summed E-state index contributed by atoms with van der Waals surface area (Å²) in [4.78, 5) is 14.0. The van der Waals surface area contributed by atoms with Crippen LogP contribution in [0.5, 0.6) is 0 Å². The first kappa shape index (κ1) is 22.2. The molecule has 0 saturated heterocycles. The minimum Gasteiger partial charge on any atom is -0.321 e. The van der Waals surface area contributed by atoms with Crippen molar-refractivity contribution in [1.82, 2.24) is 20.2 Å². The molecule has 6 nitrogen and oxygen atoms in total. The lowest BCUT2D eigenvalue weighted by atomic mass is 10.0. The number of aromatic nitrogens is 4. The normalized spacial score (nSPS) is 11.6. The van der Waals surface area contributed by atoms with Crippen molar-refractivity contribution in [1.29, 1.82) is 0 Å². The van der Waals surface area contributed by atoms with E-state index in [-0.39, 0.29) is 5.56 Å². The first-order valence-electron chi connectivity index (χ1n) is 10.2. The number of para-hydroxylation sites is 1. The molecule has 1 N–H and O–H groups in total. The summed E-state index contributed by atoms with van der Waals surface area (Å²) in [5.41, 5.74) is 2.15. The van der Waals surface area contributed by atoms with Crippen LogP contribution in [0.15, 0.2) is 72.8 Å². The molecule has 0 radical (unpaired) electrons. The highest BCUT2D eigenvalue weighted by atomic mass is 19.4. The number of carbonyl (C=O) groups is 1. The molecule has 4 aromatic rings. The quantitative estimate of drug-likeness (QED) is 0.421. The van der Waals surface area contributed by atoms with Crippen molar-refractivity contribution in [2.24, 2.45) is 0 Å². The van der Waals surface area contributed by atoms with Gasteiger partial charge in [-0.3, -0.25) is 4.79 Å². The van der Waals surface area contributed by atoms with Crippen LogP contribution in [0.25, 0.3) is 17.1 Å². The monoisotopic (exact) mass is 451 g/mol. The van der Waals surface area contributed by atoms with Crippen molar-refractivity contribution in [3.05, 3.63) is 89.5 Å². The van der Waals surface area contributed by atoms with Gasteiger partial charge in [0.15, 0.2) is 0 Å². The van der Waals surface area contributed by atoms with Crippen molar-refractivity contribution >= 4 is 11.6 Å². The SMILES string of the molecule is CC(C)c1ccc(-n2nnc(-c3ccccc3NC(=O)c3ccc(C(F)(F)F)cc3)n2)cc1. The third-order valence-electron chi connectivity index (χ3n) is 5.09. The smallest absolute Gasteiger partial charge is 0.321 e. The number of amides is 1. The van der Waals surface area contributed by atoms with Gasteiger partial charge in [0.1, 0.15) is 0 Å². The molecule has 0 spiro atoms. The van der Waals surface area contributed by atoms with Crippen molar-refractivity contribution in [3.63, 3.8) is 0 Å². The van der Waals surface area contributed by atoms with Gasteiger partial charge in [-0.25, -0.2) is 0 Å². The number of rotatable bonds is 5. The van der Waals surface area contributed by atoms with Crippen LogP contribution in [-0.2, 0) is 6.18 Å². The minimum absolute atomic E-state index is 0.0969. The summed E-state index contributed by atoms with van der Waals surface area (Å²) in [6, 6.07) is 18.7. The fourth-order valence-electron chi connectivity index (χ4n) is 3.22. The highest BCUT2D eigenvalue weighted by Gasteiger charge is 2.30. The summed E-state index contributed by atoms with van der Waals surface area (Å²) in [5.74, 6) is 0.151. The molecule has 4 rings (SSSR count). The number of nitrogens with zero attached hydrogens (tertiary/aromatic N) is 4. The molecular weight excluding hydrogens is 431 g/mol. The van der Waals surface area contributed by atoms with Gasteiger partial charge in [0.05, 0.1) is 16.9 Å². The molecule has 1 aromatic heterocycles. The average Bonchev–Trinajstić information content (AvgIpc) is 3.29. The van der Waals surface area contributed by atoms with Crippen LogP contribution in [0.3, 0.4) is 0 Å². The van der Waals surface area contributed by atoms with E-state index in [1.54, 1.807) is 24.3 Å². The van der Waals surface area contributed by atoms with Gasteiger partial charge in [-0.15, -0.1) is 15.0 Å². The zero-order valence-corrected chi connectivity index (χ0v) is 17.8. The first-order valence-corrected chi connectivity index (χ1v) is 10.2. The lowest BCUT2D eigenvalue weighted by molar-refractivity contribution is -0.137. The largest absolute Gasteiger partial charge is 0.416 e. The van der Waals surface area contributed by atoms with Crippen LogP contribution in [0, 0.1) is 0 Å². The summed E-state index contributed by atoms with van der Waals surface area (Å²) in [6.07, 6.45) is -4.46. The van der Waals surface area contributed by atoms with Crippen molar-refractivity contribution in [3.8, 4) is 17.1 Å². The zero-order valence-electron chi connectivity index (χ0n) is 17.8. The second-order valence-corrected chi connectivity index (χ2v) is 7.72. The Hall–Kier alpha value is -4.01. The van der Waals surface area contributed by atoms with Crippen molar-refractivity contribution in [2.75, 3.05) is 5.32 Å². The molecule has 1 heterocycles. The number of hydrogen-bond acceptors (Lipinski definition) is 4. The second kappa shape index (κ2) is 8.85. The van der Waals surface area contributed by atoms with E-state index in [0.717, 1.165) is 30.0 Å². The summed E-state index contributed by atoms with van der Waals surface area (Å²) in [5, 5.41) is 15.3. The predicted octanol–water partition coefficient (Wildman–Crippen LogP) is 5.72. The minimum atomic E-state index is -4.46. The van der Waals surface area contributed by atoms with Gasteiger partial charge in [-0.1, -0.05) is 38.1 Å². The van der Waals surface area contributed by atoms with E-state index in [0.29, 0.717) is 23.0 Å². The number of halogens is 3. The van der Waals surface area contributed by atoms with E-state index >= 15 is 0 Å². The lowest BCUT2D eigenvalue weighted by Crippen LogP contribution is -2.13. The molecule has 168 valence electrons. The van der Waals surface area contributed by atoms with E-state index in [4.69, 9.17) is 0 Å². The van der Waals surface area contributed by atoms with Gasteiger partial charge >= 0.3 is 6.18 Å². The topological polar surface area (TPSA) is 72.7 Å². The van der Waals surface area contributed by atoms with E-state index in [9.17, 15) is 18.0 Å². The van der Waals surface area contributed by atoms with Gasteiger partial charge in [0.25, 0.3) is 5.91 Å². The molecule has 0 aliphatic carbocycles. The summed E-state index contributed by atoms with van der Waals surface area (Å²) < 4.78 is 38.3. The maximum Gasteiger partial charge on any atom is 0.416 e. The fraction of sp³-hybridized carbons (Fsp3) is 0.167. The molecule has 9 heteroatoms. The molecule has 1 amide bonds. The van der Waals surface area contributed by atoms with Crippen LogP contribution in [-0.4, -0.2) is 26.1 Å². The van der Waals surface area contributed by atoms with E-state index in [2.05, 4.69) is 34.6 Å². The van der Waals surface area contributed by atoms with Gasteiger partial charge < -0.3 is 5.32 Å². The molecule has 0 atom stereocenters. The Balaban J connectivity index is 1.56. The Morgan fingerprint density at radius 2 is 1.61 bits per heavy atom. The third kappa shape index (κ3) is 4.92. The molecule has 0 unspecified atom stereocenters. The van der Waals surface area contributed by atoms with E-state index in [1.165, 1.54) is 10.4 Å². The highest BCUT2D eigenvalue weighted by molar-refractivity contribution is 6.06. The molecule has 3 aromatic carbocycles. The summed E-state index contributed by atoms with van der Waals surface area (Å²) >= 11 is 0. The number of anilines is 1. The van der Waals surface area contributed by atoms with Crippen LogP contribution in [0.1, 0.15) is 41.3 Å². The Labute approximate surface area is 188 Å². The number of alkyl halides is 3. The van der Waals surface area contributed by atoms with E-state index < -0.39 is 17.6 Å². The van der Waals surface area contributed by atoms with Crippen LogP contribution in [0.4, 0.5) is 18.9 Å². The lowest BCUT2D eigenvalue weighted by Gasteiger charge is -2.10. The molecule has 0 fully saturated rings. The third-order valence-corrected chi connectivity index (χ3v) is 5.09. The van der Waals surface area contributed by atoms with Crippen LogP contribution >= 0.6 is 0 Å². The maximum atomic E-state index is 12.8. The summed E-state index contributed by atoms with van der Waals surface area (Å²) in [6.45, 7) is 4.22. The Bertz CT molecular complexity index is 1260. The molecule has 0 saturated carbocycles. The molecule has 0 bridgehead atoms. The Kier molecular flexibility index (Phi) is 5.95. The van der Waals surface area contributed by atoms with Crippen LogP contribution in [0.2, 0.25) is 0 Å². The van der Waals surface area contributed by atoms with Crippen molar-refractivity contribution < 1.29 is 18.0 Å². The maximum absolute atomic E-state index is 12.8. The predicted molar refractivity (Wildman–Crippen MR) is 118 cm³/mol. The van der Waals surface area contributed by atoms with Gasteiger partial charge in [0, 0.05) is 11.1 Å². The standard InChI is InChI=1S/C24H20F3N5O/c1-15(2)16-9-13-19(14-10-16)32-30-22(29-31-32)20-5-3-4-6-21(20)28-23(33)17-7-11-18(12-8-17)24(25,26)27/h3-15H,1-2H3,(H,28,33). The Morgan fingerprint density at radius 3 is 2.24 bits per heavy atom. The first-order chi connectivity index (χ1) is 15.7. The Morgan fingerprint density at radius 1 is 0.939 bits per heavy atom. The number of carbonyl (C=O) groups excluding carboxylic acids is 1. The summed E-state index contributed by atoms with van der Waals surface area (Å²) in [7, 11) is 0. The number of benzene rings is 3. The fourth-order valence-corrected chi connectivity index (χ4v) is 3.22. The second-order valence-electron chi connectivity index (χ2n) is 7.72. The zero-order chi connectivity index (χ0) is 23.6. The van der Waals surface area contributed by atoms with Gasteiger partial charge in [0.2, 0.25) is 5.82 Å². The molecular formula is C24H20F3N5O. The van der Waals surface area contributed by atoms with Gasteiger partial charge in [-0.05, 0) is 65.2 Å². The molecule has 33 heavy (non-hydrogen) atoms. The average molecular weight is 451 g/mol. The van der Waals surface area contributed by atoms with Crippen LogP contribution < -0.4 is 5.32 Å². The van der Waals surface area contributed by atoms with Gasteiger partial charge in [-0.2, -0.15) is 13.2 Å². The van der Waals surface area contributed by atoms with Crippen molar-refractivity contribution in [2.45, 2.75) is 25.9 Å². The molecule has 0 aliphatic heterocycles. The van der Waals surface area contributed by atoms with E-state index in [1.807, 2.05) is 24.3 Å². The molecule has 0 aliphatic rings. The highest BCUT2D eigenvalue weighted by Crippen LogP contribution is 2.30. The number of hydrogen-bond donors (Lipinski definition) is 1. The number of tetrazole rings is 1. The number of nitrogens with one attached hydrogen (secondary N) is 1.